The van der Waals surface area contributed by atoms with Crippen molar-refractivity contribution in [2.24, 2.45) is 5.41 Å². The van der Waals surface area contributed by atoms with E-state index in [1.54, 1.807) is 32.6 Å². The second-order valence-electron chi connectivity index (χ2n) is 13.1. The molecule has 0 atom stereocenters. The van der Waals surface area contributed by atoms with Crippen molar-refractivity contribution in [3.05, 3.63) is 0 Å². The van der Waals surface area contributed by atoms with Crippen LogP contribution in [0, 0.1) is 5.41 Å². The van der Waals surface area contributed by atoms with E-state index in [-0.39, 0.29) is 42.6 Å². The number of ether oxygens (including phenoxy) is 1. The van der Waals surface area contributed by atoms with E-state index in [0.29, 0.717) is 38.8 Å². The van der Waals surface area contributed by atoms with Crippen LogP contribution in [-0.2, 0) is 19.1 Å². The van der Waals surface area contributed by atoms with Crippen molar-refractivity contribution in [2.45, 2.75) is 110 Å². The van der Waals surface area contributed by atoms with Crippen LogP contribution in [0.1, 0.15) is 66.7 Å². The van der Waals surface area contributed by atoms with Gasteiger partial charge in [-0.2, -0.15) is 0 Å². The Labute approximate surface area is 221 Å². The predicted octanol–water partition coefficient (Wildman–Crippen LogP) is 3.88. The minimum absolute atomic E-state index is 0.0366. The molecule has 0 aromatic heterocycles. The van der Waals surface area contributed by atoms with Gasteiger partial charge >= 0.3 is 12.1 Å². The van der Waals surface area contributed by atoms with Gasteiger partial charge in [-0.15, -0.1) is 0 Å². The molecule has 0 spiro atoms. The molecule has 37 heavy (non-hydrogen) atoms. The maximum atomic E-state index is 13.3. The minimum Gasteiger partial charge on any atom is -0.361 e. The van der Waals surface area contributed by atoms with Crippen molar-refractivity contribution in [1.82, 2.24) is 19.6 Å². The summed E-state index contributed by atoms with van der Waals surface area (Å²) in [5, 5.41) is 0. The number of carbonyl (C=O) groups is 5. The highest BCUT2D eigenvalue weighted by atomic mass is 28.3. The van der Waals surface area contributed by atoms with Gasteiger partial charge in [-0.1, -0.05) is 26.6 Å². The molecule has 3 fully saturated rings. The van der Waals surface area contributed by atoms with Crippen LogP contribution in [0.3, 0.4) is 0 Å². The molecule has 2 saturated heterocycles. The number of rotatable bonds is 9. The first kappa shape index (κ1) is 29.3. The molecular weight excluding hydrogens is 492 g/mol. The Kier molecular flexibility index (Phi) is 8.29. The van der Waals surface area contributed by atoms with Crippen molar-refractivity contribution in [2.75, 3.05) is 19.9 Å². The number of hydrogen-bond donors (Lipinski definition) is 0. The Bertz CT molecular complexity index is 951. The lowest BCUT2D eigenvalue weighted by Crippen LogP contribution is -2.61. The summed E-state index contributed by atoms with van der Waals surface area (Å²) in [6.45, 7) is 16.8. The molecule has 3 rings (SSSR count). The van der Waals surface area contributed by atoms with Crippen LogP contribution < -0.4 is 0 Å². The molecule has 0 unspecified atom stereocenters. The largest absolute Gasteiger partial charge is 0.361 e. The topological polar surface area (TPSA) is 108 Å². The van der Waals surface area contributed by atoms with Gasteiger partial charge in [0.25, 0.3) is 5.91 Å². The molecule has 3 aliphatic rings. The van der Waals surface area contributed by atoms with Crippen LogP contribution in [0.5, 0.6) is 0 Å². The summed E-state index contributed by atoms with van der Waals surface area (Å²) in [7, 11) is -1.28. The molecule has 2 aliphatic heterocycles. The van der Waals surface area contributed by atoms with Crippen LogP contribution in [-0.4, -0.2) is 95.0 Å². The molecule has 11 heteroatoms. The number of barbiturate groups is 1. The Morgan fingerprint density at radius 3 is 2.08 bits per heavy atom. The Morgan fingerprint density at radius 1 is 0.946 bits per heavy atom. The number of amides is 7. The average molecular weight is 537 g/mol. The lowest BCUT2D eigenvalue weighted by Gasteiger charge is -2.46. The summed E-state index contributed by atoms with van der Waals surface area (Å²) in [4.78, 5) is 69.6. The molecule has 208 valence electrons. The smallest absolute Gasteiger partial charge is 0.333 e. The molecule has 7 amide bonds. The highest BCUT2D eigenvalue weighted by molar-refractivity contribution is 6.76. The monoisotopic (exact) mass is 536 g/mol. The van der Waals surface area contributed by atoms with Crippen molar-refractivity contribution >= 4 is 37.9 Å². The first-order chi connectivity index (χ1) is 17.0. The second kappa shape index (κ2) is 10.5. The first-order valence-corrected chi connectivity index (χ1v) is 17.1. The molecule has 2 heterocycles. The summed E-state index contributed by atoms with van der Waals surface area (Å²) in [6, 6.07) is -0.494. The fourth-order valence-corrected chi connectivity index (χ4v) is 6.18. The van der Waals surface area contributed by atoms with Crippen LogP contribution in [0.15, 0.2) is 0 Å². The summed E-state index contributed by atoms with van der Waals surface area (Å²) >= 11 is 0. The summed E-state index contributed by atoms with van der Waals surface area (Å²) in [5.41, 5.74) is -1.25. The van der Waals surface area contributed by atoms with Crippen LogP contribution >= 0.6 is 0 Å². The van der Waals surface area contributed by atoms with Crippen molar-refractivity contribution in [1.29, 1.82) is 0 Å². The van der Waals surface area contributed by atoms with Gasteiger partial charge in [-0.3, -0.25) is 24.2 Å². The van der Waals surface area contributed by atoms with E-state index < -0.39 is 31.5 Å². The number of hydrogen-bond acceptors (Lipinski definition) is 6. The van der Waals surface area contributed by atoms with E-state index in [0.717, 1.165) is 6.04 Å². The number of nitrogens with zero attached hydrogens (tertiary/aromatic N) is 4. The van der Waals surface area contributed by atoms with Crippen LogP contribution in [0.4, 0.5) is 9.59 Å². The van der Waals surface area contributed by atoms with Gasteiger partial charge in [0.2, 0.25) is 11.8 Å². The second-order valence-corrected chi connectivity index (χ2v) is 18.8. The van der Waals surface area contributed by atoms with Gasteiger partial charge in [-0.05, 0) is 64.8 Å². The zero-order valence-corrected chi connectivity index (χ0v) is 24.8. The Morgan fingerprint density at radius 2 is 1.54 bits per heavy atom. The van der Waals surface area contributed by atoms with E-state index in [2.05, 4.69) is 26.6 Å². The normalized spacial score (nSPS) is 27.3. The van der Waals surface area contributed by atoms with Crippen LogP contribution in [0.25, 0.3) is 0 Å². The van der Waals surface area contributed by atoms with Gasteiger partial charge in [0.15, 0.2) is 0 Å². The van der Waals surface area contributed by atoms with E-state index in [1.807, 2.05) is 0 Å². The SMILES string of the molecule is CC(C)N1C(=O)CC(=O)N(C2CCC(C)(CN3C(=O)N(COCC[Si](C)(C)C)C(=O)C3(C)C)CC2)C1=O. The number of urea groups is 2. The van der Waals surface area contributed by atoms with Crippen LogP contribution in [0.2, 0.25) is 25.7 Å². The van der Waals surface area contributed by atoms with Gasteiger partial charge in [0.1, 0.15) is 18.7 Å². The maximum Gasteiger partial charge on any atom is 0.333 e. The highest BCUT2D eigenvalue weighted by Gasteiger charge is 2.53. The highest BCUT2D eigenvalue weighted by Crippen LogP contribution is 2.42. The third-order valence-electron chi connectivity index (χ3n) is 7.96. The summed E-state index contributed by atoms with van der Waals surface area (Å²) < 4.78 is 5.72. The van der Waals surface area contributed by atoms with Gasteiger partial charge in [0, 0.05) is 33.3 Å². The number of carbonyl (C=O) groups excluding carboxylic acids is 5. The van der Waals surface area contributed by atoms with E-state index in [1.165, 1.54) is 14.7 Å². The fourth-order valence-electron chi connectivity index (χ4n) is 5.43. The molecule has 0 radical (unpaired) electrons. The molecular formula is C26H44N4O6Si. The number of imide groups is 3. The lowest BCUT2D eigenvalue weighted by atomic mass is 9.72. The van der Waals surface area contributed by atoms with Gasteiger partial charge in [-0.25, -0.2) is 14.5 Å². The Balaban J connectivity index is 1.63. The molecule has 10 nitrogen and oxygen atoms in total. The van der Waals surface area contributed by atoms with Crippen molar-refractivity contribution < 1.29 is 28.7 Å². The molecule has 0 bridgehead atoms. The fraction of sp³-hybridized carbons (Fsp3) is 0.808. The molecule has 0 aromatic rings. The Hall–Kier alpha value is -2.27. The summed E-state index contributed by atoms with van der Waals surface area (Å²) in [6.07, 6.45) is 2.27. The van der Waals surface area contributed by atoms with Crippen molar-refractivity contribution in [3.63, 3.8) is 0 Å². The third-order valence-corrected chi connectivity index (χ3v) is 9.66. The summed E-state index contributed by atoms with van der Waals surface area (Å²) in [5.74, 6) is -1.15. The minimum atomic E-state index is -1.28. The molecule has 1 aliphatic carbocycles. The zero-order chi connectivity index (χ0) is 27.9. The molecule has 0 N–H and O–H groups in total. The molecule has 0 aromatic carbocycles. The average Bonchev–Trinajstić information content (AvgIpc) is 2.91. The first-order valence-electron chi connectivity index (χ1n) is 13.4. The standard InChI is InChI=1S/C26H44N4O6Si/c1-18(2)29-20(31)15-21(32)30(24(29)35)19-9-11-26(5,12-10-19)16-28-23(34)27(22(33)25(28,3)4)17-36-13-14-37(6,7)8/h18-19H,9-17H2,1-8H3. The quantitative estimate of drug-likeness (QED) is 0.192. The van der Waals surface area contributed by atoms with E-state index >= 15 is 0 Å². The predicted molar refractivity (Wildman–Crippen MR) is 141 cm³/mol. The van der Waals surface area contributed by atoms with Gasteiger partial charge < -0.3 is 9.64 Å². The zero-order valence-electron chi connectivity index (χ0n) is 23.8. The van der Waals surface area contributed by atoms with E-state index in [9.17, 15) is 24.0 Å². The molecule has 1 saturated carbocycles. The lowest BCUT2D eigenvalue weighted by molar-refractivity contribution is -0.146. The third kappa shape index (κ3) is 6.08. The van der Waals surface area contributed by atoms with E-state index in [4.69, 9.17) is 4.74 Å². The van der Waals surface area contributed by atoms with Crippen molar-refractivity contribution in [3.8, 4) is 0 Å². The maximum absolute atomic E-state index is 13.3. The van der Waals surface area contributed by atoms with Gasteiger partial charge in [0.05, 0.1) is 0 Å².